The third-order valence-electron chi connectivity index (χ3n) is 8.74. The first-order valence-electron chi connectivity index (χ1n) is 11.8. The number of allylic oxidation sites excluding steroid dienone is 4. The van der Waals surface area contributed by atoms with Crippen molar-refractivity contribution in [3.8, 4) is 0 Å². The van der Waals surface area contributed by atoms with E-state index in [1.165, 1.54) is 0 Å². The topological polar surface area (TPSA) is 99.1 Å². The van der Waals surface area contributed by atoms with E-state index in [9.17, 15) is 19.5 Å². The zero-order valence-corrected chi connectivity index (χ0v) is 19.4. The van der Waals surface area contributed by atoms with Crippen LogP contribution in [0.3, 0.4) is 0 Å². The molecule has 0 spiro atoms. The van der Waals surface area contributed by atoms with E-state index in [-0.39, 0.29) is 36.8 Å². The Bertz CT molecular complexity index is 876. The summed E-state index contributed by atoms with van der Waals surface area (Å²) >= 11 is 0. The van der Waals surface area contributed by atoms with Crippen molar-refractivity contribution in [2.45, 2.75) is 71.5 Å². The highest BCUT2D eigenvalue weighted by atomic mass is 16.7. The number of fused-ring (bicyclic) bond motifs is 5. The number of hydrogen-bond acceptors (Lipinski definition) is 7. The summed E-state index contributed by atoms with van der Waals surface area (Å²) in [5.41, 5.74) is -1.58. The third kappa shape index (κ3) is 3.15. The van der Waals surface area contributed by atoms with Crippen LogP contribution in [0.2, 0.25) is 0 Å². The van der Waals surface area contributed by atoms with Crippen molar-refractivity contribution in [1.82, 2.24) is 0 Å². The Morgan fingerprint density at radius 3 is 2.56 bits per heavy atom. The van der Waals surface area contributed by atoms with Crippen molar-refractivity contribution in [3.63, 3.8) is 0 Å². The summed E-state index contributed by atoms with van der Waals surface area (Å²) in [4.78, 5) is 37.6. The second kappa shape index (κ2) is 8.01. The smallest absolute Gasteiger partial charge is 0.463 e. The minimum Gasteiger partial charge on any atom is -0.463 e. The number of esters is 1. The number of aliphatic hydroxyl groups is 1. The second-order valence-electron chi connectivity index (χ2n) is 10.1. The molecule has 0 saturated heterocycles. The minimum absolute atomic E-state index is 0.00362. The van der Waals surface area contributed by atoms with E-state index in [0.29, 0.717) is 19.3 Å². The Kier molecular flexibility index (Phi) is 5.76. The molecule has 7 nitrogen and oxygen atoms in total. The molecule has 0 amide bonds. The molecule has 0 aliphatic heterocycles. The van der Waals surface area contributed by atoms with Gasteiger partial charge in [-0.2, -0.15) is 0 Å². The summed E-state index contributed by atoms with van der Waals surface area (Å²) in [5.74, 6) is -0.430. The molecular weight excluding hydrogens is 412 g/mol. The Balaban J connectivity index is 1.73. The highest BCUT2D eigenvalue weighted by Gasteiger charge is 2.71. The van der Waals surface area contributed by atoms with Crippen LogP contribution in [0.15, 0.2) is 23.8 Å². The van der Waals surface area contributed by atoms with E-state index in [1.54, 1.807) is 26.0 Å². The highest BCUT2D eigenvalue weighted by molar-refractivity contribution is 6.01. The zero-order chi connectivity index (χ0) is 23.3. The molecule has 0 aromatic rings. The predicted octanol–water partition coefficient (Wildman–Crippen LogP) is 3.74. The van der Waals surface area contributed by atoms with Crippen LogP contribution in [0.1, 0.15) is 59.8 Å². The van der Waals surface area contributed by atoms with Crippen LogP contribution in [0, 0.1) is 28.6 Å². The highest BCUT2D eigenvalue weighted by Crippen LogP contribution is 2.68. The largest absolute Gasteiger partial charge is 0.509 e. The van der Waals surface area contributed by atoms with Crippen molar-refractivity contribution in [2.24, 2.45) is 28.6 Å². The number of ketones is 1. The maximum absolute atomic E-state index is 13.3. The van der Waals surface area contributed by atoms with Crippen LogP contribution in [0.4, 0.5) is 4.79 Å². The standard InChI is InChI=1S/C25H34O7/c1-5-30-21(28)25(32-22(29)31-6-2)12-10-18-17-8-7-15-13-16(26)9-11-23(15,3)20(17)19(27)14-24(18,25)4/h9,11,13,17-20,27H,5-8,10,12,14H2,1-4H3/t17-,18-,19-,20+,23-,24-,25-/m0/s1. The van der Waals surface area contributed by atoms with Gasteiger partial charge >= 0.3 is 12.1 Å². The van der Waals surface area contributed by atoms with Gasteiger partial charge in [0, 0.05) is 16.7 Å². The molecule has 7 atom stereocenters. The summed E-state index contributed by atoms with van der Waals surface area (Å²) in [6.07, 6.45) is 6.62. The van der Waals surface area contributed by atoms with Gasteiger partial charge in [-0.15, -0.1) is 0 Å². The van der Waals surface area contributed by atoms with E-state index in [0.717, 1.165) is 18.4 Å². The van der Waals surface area contributed by atoms with Crippen molar-refractivity contribution < 1.29 is 33.7 Å². The lowest BCUT2D eigenvalue weighted by Gasteiger charge is -2.59. The van der Waals surface area contributed by atoms with Crippen molar-refractivity contribution >= 4 is 17.9 Å². The summed E-state index contributed by atoms with van der Waals surface area (Å²) in [6.45, 7) is 7.78. The summed E-state index contributed by atoms with van der Waals surface area (Å²) in [5, 5.41) is 11.5. The van der Waals surface area contributed by atoms with E-state index in [1.807, 2.05) is 13.0 Å². The number of carbonyl (C=O) groups is 3. The van der Waals surface area contributed by atoms with Gasteiger partial charge < -0.3 is 19.3 Å². The van der Waals surface area contributed by atoms with Crippen molar-refractivity contribution in [3.05, 3.63) is 23.8 Å². The van der Waals surface area contributed by atoms with Crippen LogP contribution in [0.5, 0.6) is 0 Å². The monoisotopic (exact) mass is 446 g/mol. The van der Waals surface area contributed by atoms with E-state index in [2.05, 4.69) is 6.92 Å². The zero-order valence-electron chi connectivity index (χ0n) is 19.4. The predicted molar refractivity (Wildman–Crippen MR) is 115 cm³/mol. The summed E-state index contributed by atoms with van der Waals surface area (Å²) in [6, 6.07) is 0. The number of carbonyl (C=O) groups excluding carboxylic acids is 3. The number of hydrogen-bond donors (Lipinski definition) is 1. The molecule has 4 rings (SSSR count). The Labute approximate surface area is 189 Å². The van der Waals surface area contributed by atoms with Crippen molar-refractivity contribution in [2.75, 3.05) is 13.2 Å². The number of ether oxygens (including phenoxy) is 3. The first-order chi connectivity index (χ1) is 15.1. The molecule has 3 saturated carbocycles. The van der Waals surface area contributed by atoms with Gasteiger partial charge in [-0.1, -0.05) is 25.5 Å². The van der Waals surface area contributed by atoms with Crippen LogP contribution in [-0.4, -0.2) is 47.9 Å². The van der Waals surface area contributed by atoms with Gasteiger partial charge in [0.25, 0.3) is 0 Å². The molecule has 176 valence electrons. The molecule has 4 aliphatic carbocycles. The van der Waals surface area contributed by atoms with Crippen LogP contribution in [0.25, 0.3) is 0 Å². The summed E-state index contributed by atoms with van der Waals surface area (Å²) < 4.78 is 16.2. The van der Waals surface area contributed by atoms with Gasteiger partial charge in [0.1, 0.15) is 0 Å². The fourth-order valence-electron chi connectivity index (χ4n) is 7.40. The minimum atomic E-state index is -1.48. The van der Waals surface area contributed by atoms with Gasteiger partial charge in [-0.05, 0) is 69.9 Å². The van der Waals surface area contributed by atoms with E-state index >= 15 is 0 Å². The molecule has 1 N–H and O–H groups in total. The molecule has 3 fully saturated rings. The normalized spacial score (nSPS) is 42.3. The maximum atomic E-state index is 13.3. The van der Waals surface area contributed by atoms with Gasteiger partial charge in [-0.25, -0.2) is 9.59 Å². The summed E-state index contributed by atoms with van der Waals surface area (Å²) in [7, 11) is 0. The second-order valence-corrected chi connectivity index (χ2v) is 10.1. The molecular formula is C25H34O7. The average molecular weight is 447 g/mol. The Hall–Kier alpha value is -2.15. The van der Waals surface area contributed by atoms with Gasteiger partial charge in [0.05, 0.1) is 19.3 Å². The molecule has 4 aliphatic rings. The van der Waals surface area contributed by atoms with Gasteiger partial charge in [0.2, 0.25) is 5.60 Å². The van der Waals surface area contributed by atoms with Crippen LogP contribution < -0.4 is 0 Å². The lowest BCUT2D eigenvalue weighted by Crippen LogP contribution is -2.62. The van der Waals surface area contributed by atoms with Gasteiger partial charge in [0.15, 0.2) is 5.78 Å². The first kappa shape index (κ1) is 23.0. The molecule has 0 aromatic carbocycles. The van der Waals surface area contributed by atoms with E-state index < -0.39 is 34.7 Å². The SMILES string of the molecule is CCOC(=O)O[C@]1(C(=O)OCC)CC[C@H]2[C@@H]3CCC4=CC(=O)C=C[C@]4(C)[C@H]3[C@@H](O)C[C@@]21C. The fraction of sp³-hybridized carbons (Fsp3) is 0.720. The fourth-order valence-corrected chi connectivity index (χ4v) is 7.40. The average Bonchev–Trinajstić information content (AvgIpc) is 3.01. The maximum Gasteiger partial charge on any atom is 0.509 e. The third-order valence-corrected chi connectivity index (χ3v) is 8.74. The molecule has 0 aromatic heterocycles. The molecule has 7 heteroatoms. The lowest BCUT2D eigenvalue weighted by molar-refractivity contribution is -0.200. The molecule has 0 radical (unpaired) electrons. The quantitative estimate of drug-likeness (QED) is 0.657. The van der Waals surface area contributed by atoms with Gasteiger partial charge in [-0.3, -0.25) is 4.79 Å². The number of rotatable bonds is 4. The molecule has 0 unspecified atom stereocenters. The molecule has 0 heterocycles. The van der Waals surface area contributed by atoms with Crippen molar-refractivity contribution in [1.29, 1.82) is 0 Å². The van der Waals surface area contributed by atoms with E-state index in [4.69, 9.17) is 14.2 Å². The molecule has 0 bridgehead atoms. The first-order valence-corrected chi connectivity index (χ1v) is 11.8. The number of aliphatic hydroxyl groups excluding tert-OH is 1. The lowest BCUT2D eigenvalue weighted by atomic mass is 9.46. The Morgan fingerprint density at radius 2 is 1.88 bits per heavy atom. The van der Waals surface area contributed by atoms with Crippen LogP contribution in [-0.2, 0) is 23.8 Å². The Morgan fingerprint density at radius 1 is 1.16 bits per heavy atom. The molecule has 32 heavy (non-hydrogen) atoms. The van der Waals surface area contributed by atoms with Crippen LogP contribution >= 0.6 is 0 Å².